The second-order valence-corrected chi connectivity index (χ2v) is 5.02. The monoisotopic (exact) mass is 209 g/mol. The van der Waals surface area contributed by atoms with Gasteiger partial charge in [-0.05, 0) is 51.0 Å². The summed E-state index contributed by atoms with van der Waals surface area (Å²) in [6, 6.07) is 0.751. The van der Waals surface area contributed by atoms with E-state index in [0.29, 0.717) is 0 Å². The molecule has 0 amide bonds. The van der Waals surface area contributed by atoms with Crippen LogP contribution in [0.3, 0.4) is 0 Å². The smallest absolute Gasteiger partial charge is 0.00923 e. The first-order valence-electron chi connectivity index (χ1n) is 6.57. The molecule has 2 unspecified atom stereocenters. The van der Waals surface area contributed by atoms with Gasteiger partial charge in [-0.3, -0.25) is 0 Å². The van der Waals surface area contributed by atoms with E-state index in [4.69, 9.17) is 0 Å². The van der Waals surface area contributed by atoms with Gasteiger partial charge in [-0.2, -0.15) is 0 Å². The summed E-state index contributed by atoms with van der Waals surface area (Å²) in [6.45, 7) is 6.18. The molecule has 0 bridgehead atoms. The largest absolute Gasteiger partial charge is 0.317 e. The van der Waals surface area contributed by atoms with Crippen molar-refractivity contribution >= 4 is 0 Å². The second kappa shape index (κ2) is 7.05. The molecule has 1 nitrogen and oxygen atoms in total. The maximum absolute atomic E-state index is 3.76. The van der Waals surface area contributed by atoms with Gasteiger partial charge in [0.25, 0.3) is 0 Å². The van der Waals surface area contributed by atoms with Gasteiger partial charge >= 0.3 is 0 Å². The van der Waals surface area contributed by atoms with Gasteiger partial charge < -0.3 is 5.32 Å². The Balaban J connectivity index is 2.07. The molecule has 0 aromatic carbocycles. The highest BCUT2D eigenvalue weighted by Gasteiger charge is 2.32. The van der Waals surface area contributed by atoms with E-state index in [-0.39, 0.29) is 0 Å². The molecule has 1 saturated carbocycles. The van der Waals surface area contributed by atoms with E-state index >= 15 is 0 Å². The molecular formula is C14H27N. The van der Waals surface area contributed by atoms with Crippen molar-refractivity contribution in [1.29, 1.82) is 0 Å². The minimum absolute atomic E-state index is 0.751. The van der Waals surface area contributed by atoms with E-state index in [0.717, 1.165) is 17.9 Å². The first kappa shape index (κ1) is 12.8. The quantitative estimate of drug-likeness (QED) is 0.450. The second-order valence-electron chi connectivity index (χ2n) is 5.02. The Bertz CT molecular complexity index is 172. The van der Waals surface area contributed by atoms with Gasteiger partial charge in [-0.15, -0.1) is 6.58 Å². The van der Waals surface area contributed by atoms with Crippen LogP contribution in [0.4, 0.5) is 0 Å². The number of nitrogens with one attached hydrogen (secondary N) is 1. The molecule has 15 heavy (non-hydrogen) atoms. The third kappa shape index (κ3) is 4.83. The zero-order chi connectivity index (χ0) is 11.1. The number of hydrogen-bond acceptors (Lipinski definition) is 1. The summed E-state index contributed by atoms with van der Waals surface area (Å²) in [5, 5.41) is 3.49. The predicted octanol–water partition coefficient (Wildman–Crippen LogP) is 3.76. The fourth-order valence-corrected chi connectivity index (χ4v) is 2.45. The van der Waals surface area contributed by atoms with Crippen LogP contribution < -0.4 is 5.32 Å². The average Bonchev–Trinajstić information content (AvgIpc) is 3.06. The Morgan fingerprint density at radius 1 is 1.33 bits per heavy atom. The first-order valence-corrected chi connectivity index (χ1v) is 6.57. The third-order valence-corrected chi connectivity index (χ3v) is 3.79. The fraction of sp³-hybridized carbons (Fsp3) is 0.857. The molecular weight excluding hydrogens is 182 g/mol. The van der Waals surface area contributed by atoms with E-state index in [1.54, 1.807) is 0 Å². The van der Waals surface area contributed by atoms with E-state index < -0.39 is 0 Å². The van der Waals surface area contributed by atoms with Crippen molar-refractivity contribution in [1.82, 2.24) is 5.32 Å². The molecule has 0 saturated heterocycles. The van der Waals surface area contributed by atoms with Crippen molar-refractivity contribution in [2.24, 2.45) is 11.8 Å². The predicted molar refractivity (Wildman–Crippen MR) is 68.0 cm³/mol. The summed E-state index contributed by atoms with van der Waals surface area (Å²) in [7, 11) is 2.12. The van der Waals surface area contributed by atoms with Gasteiger partial charge in [0.1, 0.15) is 0 Å². The highest BCUT2D eigenvalue weighted by atomic mass is 14.9. The molecule has 0 radical (unpaired) electrons. The number of unbranched alkanes of at least 4 members (excludes halogenated alkanes) is 3. The lowest BCUT2D eigenvalue weighted by Crippen LogP contribution is -2.33. The summed E-state index contributed by atoms with van der Waals surface area (Å²) >= 11 is 0. The van der Waals surface area contributed by atoms with Crippen LogP contribution in [0.5, 0.6) is 0 Å². The van der Waals surface area contributed by atoms with Crippen LogP contribution in [0, 0.1) is 11.8 Å². The van der Waals surface area contributed by atoms with Crippen LogP contribution in [-0.2, 0) is 0 Å². The highest BCUT2D eigenvalue weighted by Crippen LogP contribution is 2.39. The maximum Gasteiger partial charge on any atom is 0.00923 e. The van der Waals surface area contributed by atoms with Crippen LogP contribution in [0.1, 0.15) is 51.9 Å². The molecule has 1 rings (SSSR count). The molecule has 0 spiro atoms. The van der Waals surface area contributed by atoms with Gasteiger partial charge in [0.2, 0.25) is 0 Å². The van der Waals surface area contributed by atoms with Crippen molar-refractivity contribution in [3.63, 3.8) is 0 Å². The third-order valence-electron chi connectivity index (χ3n) is 3.79. The van der Waals surface area contributed by atoms with Gasteiger partial charge in [0, 0.05) is 6.04 Å². The van der Waals surface area contributed by atoms with Gasteiger partial charge in [-0.1, -0.05) is 25.8 Å². The SMILES string of the molecule is C=CCCCCCC(NC)C(C)C1CC1. The van der Waals surface area contributed by atoms with Gasteiger partial charge in [0.05, 0.1) is 0 Å². The van der Waals surface area contributed by atoms with E-state index in [1.807, 2.05) is 6.08 Å². The van der Waals surface area contributed by atoms with Gasteiger partial charge in [0.15, 0.2) is 0 Å². The van der Waals surface area contributed by atoms with Crippen molar-refractivity contribution in [3.05, 3.63) is 12.7 Å². The summed E-state index contributed by atoms with van der Waals surface area (Å²) < 4.78 is 0. The molecule has 2 atom stereocenters. The maximum atomic E-state index is 3.76. The van der Waals surface area contributed by atoms with Crippen molar-refractivity contribution in [3.8, 4) is 0 Å². The fourth-order valence-electron chi connectivity index (χ4n) is 2.45. The molecule has 1 fully saturated rings. The molecule has 0 aliphatic heterocycles. The minimum atomic E-state index is 0.751. The van der Waals surface area contributed by atoms with E-state index in [2.05, 4.69) is 25.9 Å². The molecule has 0 aromatic heterocycles. The van der Waals surface area contributed by atoms with Crippen LogP contribution in [0.25, 0.3) is 0 Å². The number of allylic oxidation sites excluding steroid dienone is 1. The molecule has 1 N–H and O–H groups in total. The van der Waals surface area contributed by atoms with Crippen molar-refractivity contribution < 1.29 is 0 Å². The summed E-state index contributed by atoms with van der Waals surface area (Å²) in [5.74, 6) is 1.91. The van der Waals surface area contributed by atoms with Gasteiger partial charge in [-0.25, -0.2) is 0 Å². The van der Waals surface area contributed by atoms with Crippen LogP contribution >= 0.6 is 0 Å². The van der Waals surface area contributed by atoms with Crippen LogP contribution in [-0.4, -0.2) is 13.1 Å². The Morgan fingerprint density at radius 3 is 2.60 bits per heavy atom. The minimum Gasteiger partial charge on any atom is -0.317 e. The van der Waals surface area contributed by atoms with E-state index in [9.17, 15) is 0 Å². The van der Waals surface area contributed by atoms with Crippen LogP contribution in [0.2, 0.25) is 0 Å². The topological polar surface area (TPSA) is 12.0 Å². The van der Waals surface area contributed by atoms with Crippen LogP contribution in [0.15, 0.2) is 12.7 Å². The van der Waals surface area contributed by atoms with Crippen molar-refractivity contribution in [2.75, 3.05) is 7.05 Å². The highest BCUT2D eigenvalue weighted by molar-refractivity contribution is 4.85. The Morgan fingerprint density at radius 2 is 2.07 bits per heavy atom. The normalized spacial score (nSPS) is 19.9. The zero-order valence-electron chi connectivity index (χ0n) is 10.5. The number of rotatable bonds is 9. The standard InChI is InChI=1S/C14H27N/c1-4-5-6-7-8-9-14(15-3)12(2)13-10-11-13/h4,12-15H,1,5-11H2,2-3H3. The molecule has 88 valence electrons. The molecule has 1 aliphatic rings. The Kier molecular flexibility index (Phi) is 6.00. The molecule has 0 heterocycles. The number of hydrogen-bond donors (Lipinski definition) is 1. The molecule has 0 aromatic rings. The molecule has 1 aliphatic carbocycles. The first-order chi connectivity index (χ1) is 7.29. The van der Waals surface area contributed by atoms with Crippen molar-refractivity contribution in [2.45, 2.75) is 57.9 Å². The lowest BCUT2D eigenvalue weighted by Gasteiger charge is -2.23. The summed E-state index contributed by atoms with van der Waals surface area (Å²) in [5.41, 5.74) is 0. The summed E-state index contributed by atoms with van der Waals surface area (Å²) in [6.07, 6.45) is 11.6. The summed E-state index contributed by atoms with van der Waals surface area (Å²) in [4.78, 5) is 0. The average molecular weight is 209 g/mol. The zero-order valence-corrected chi connectivity index (χ0v) is 10.5. The lowest BCUT2D eigenvalue weighted by molar-refractivity contribution is 0.333. The van der Waals surface area contributed by atoms with E-state index in [1.165, 1.54) is 44.9 Å². The lowest BCUT2D eigenvalue weighted by atomic mass is 9.92. The Hall–Kier alpha value is -0.300. The Labute approximate surface area is 95.3 Å². The molecule has 1 heteroatoms.